The molecule has 0 bridgehead atoms. The Morgan fingerprint density at radius 2 is 1.63 bits per heavy atom. The largest absolute Gasteiger partial charge is 0.485 e. The molecule has 1 unspecified atom stereocenters. The van der Waals surface area contributed by atoms with Crippen molar-refractivity contribution in [3.63, 3.8) is 0 Å². The topological polar surface area (TPSA) is 87.1 Å². The number of carboxylic acid groups (broad SMARTS) is 2. The lowest BCUT2D eigenvalue weighted by Gasteiger charge is -2.23. The molecule has 164 valence electrons. The Labute approximate surface area is 176 Å². The first-order valence-corrected chi connectivity index (χ1v) is 9.81. The highest BCUT2D eigenvalue weighted by Gasteiger charge is 2.15. The number of halogens is 1. The van der Waals surface area contributed by atoms with Crippen LogP contribution in [-0.4, -0.2) is 47.7 Å². The van der Waals surface area contributed by atoms with Crippen molar-refractivity contribution in [3.05, 3.63) is 65.5 Å². The zero-order valence-electron chi connectivity index (χ0n) is 17.7. The quantitative estimate of drug-likeness (QED) is 0.594. The summed E-state index contributed by atoms with van der Waals surface area (Å²) in [7, 11) is 4.11. The van der Waals surface area contributed by atoms with E-state index in [9.17, 15) is 14.0 Å². The van der Waals surface area contributed by atoms with Gasteiger partial charge in [0.25, 0.3) is 0 Å². The summed E-state index contributed by atoms with van der Waals surface area (Å²) in [5.41, 5.74) is 2.06. The molecule has 6 nitrogen and oxygen atoms in total. The predicted molar refractivity (Wildman–Crippen MR) is 113 cm³/mol. The Morgan fingerprint density at radius 1 is 1.03 bits per heavy atom. The second kappa shape index (κ2) is 13.3. The van der Waals surface area contributed by atoms with Gasteiger partial charge >= 0.3 is 11.9 Å². The molecule has 0 saturated heterocycles. The fourth-order valence-electron chi connectivity index (χ4n) is 2.64. The zero-order valence-corrected chi connectivity index (χ0v) is 17.7. The Hall–Kier alpha value is -2.93. The van der Waals surface area contributed by atoms with Crippen molar-refractivity contribution in [2.75, 3.05) is 20.6 Å². The number of aliphatic carboxylic acids is 2. The monoisotopic (exact) mass is 419 g/mol. The van der Waals surface area contributed by atoms with Gasteiger partial charge in [-0.15, -0.1) is 0 Å². The van der Waals surface area contributed by atoms with Crippen LogP contribution in [0.3, 0.4) is 0 Å². The molecule has 2 aromatic carbocycles. The van der Waals surface area contributed by atoms with Crippen molar-refractivity contribution >= 4 is 11.9 Å². The van der Waals surface area contributed by atoms with Crippen molar-refractivity contribution in [2.45, 2.75) is 38.7 Å². The minimum atomic E-state index is -1.08. The third-order valence-electron chi connectivity index (χ3n) is 4.24. The van der Waals surface area contributed by atoms with E-state index in [0.29, 0.717) is 0 Å². The molecule has 1 atom stereocenters. The van der Waals surface area contributed by atoms with Crippen LogP contribution < -0.4 is 4.74 Å². The summed E-state index contributed by atoms with van der Waals surface area (Å²) in [6.45, 7) is 2.95. The van der Waals surface area contributed by atoms with Gasteiger partial charge in [-0.1, -0.05) is 37.3 Å². The minimum Gasteiger partial charge on any atom is -0.485 e. The van der Waals surface area contributed by atoms with Crippen LogP contribution in [0.25, 0.3) is 0 Å². The molecule has 0 saturated carbocycles. The number of rotatable bonds is 10. The maximum atomic E-state index is 13.4. The molecule has 0 fully saturated rings. The number of hydrogen-bond donors (Lipinski definition) is 2. The Kier molecular flexibility index (Phi) is 11.1. The molecular formula is C23H30FNO5. The first-order chi connectivity index (χ1) is 14.2. The van der Waals surface area contributed by atoms with Gasteiger partial charge in [0.15, 0.2) is 0 Å². The van der Waals surface area contributed by atoms with Crippen LogP contribution in [-0.2, 0) is 16.0 Å². The van der Waals surface area contributed by atoms with Crippen LogP contribution in [0.4, 0.5) is 4.39 Å². The summed E-state index contributed by atoms with van der Waals surface area (Å²) >= 11 is 0. The van der Waals surface area contributed by atoms with Crippen molar-refractivity contribution in [3.8, 4) is 5.75 Å². The first-order valence-electron chi connectivity index (χ1n) is 9.81. The fourth-order valence-corrected chi connectivity index (χ4v) is 2.64. The van der Waals surface area contributed by atoms with E-state index >= 15 is 0 Å². The average molecular weight is 419 g/mol. The number of hydrogen-bond acceptors (Lipinski definition) is 4. The number of aryl methyl sites for hydroxylation is 1. The number of carboxylic acids is 2. The summed E-state index contributed by atoms with van der Waals surface area (Å²) in [5.74, 6) is -1.59. The van der Waals surface area contributed by atoms with Gasteiger partial charge < -0.3 is 19.8 Å². The molecular weight excluding hydrogens is 389 g/mol. The van der Waals surface area contributed by atoms with E-state index < -0.39 is 11.9 Å². The Morgan fingerprint density at radius 3 is 2.13 bits per heavy atom. The molecule has 0 spiro atoms. The number of ether oxygens (including phenoxy) is 1. The van der Waals surface area contributed by atoms with E-state index in [1.165, 1.54) is 6.07 Å². The Bertz CT molecular complexity index is 781. The summed E-state index contributed by atoms with van der Waals surface area (Å²) < 4.78 is 19.6. The van der Waals surface area contributed by atoms with E-state index in [2.05, 4.69) is 31.1 Å². The third kappa shape index (κ3) is 10.0. The minimum absolute atomic E-state index is 0.0284. The summed E-state index contributed by atoms with van der Waals surface area (Å²) in [4.78, 5) is 21.4. The molecule has 2 aromatic rings. The van der Waals surface area contributed by atoms with Crippen LogP contribution in [0, 0.1) is 5.82 Å². The van der Waals surface area contributed by atoms with E-state index in [1.54, 1.807) is 12.1 Å². The van der Waals surface area contributed by atoms with E-state index in [0.717, 1.165) is 36.3 Å². The highest BCUT2D eigenvalue weighted by atomic mass is 19.1. The normalized spacial score (nSPS) is 11.4. The van der Waals surface area contributed by atoms with Gasteiger partial charge in [-0.25, -0.2) is 4.39 Å². The SMILES string of the molecule is CCc1cc(F)ccc1OC(CCN(C)C)c1ccccc1.O=C(O)CCC(=O)O. The Balaban J connectivity index is 0.000000479. The molecule has 0 radical (unpaired) electrons. The van der Waals surface area contributed by atoms with Crippen LogP contribution >= 0.6 is 0 Å². The number of nitrogens with zero attached hydrogens (tertiary/aromatic N) is 1. The molecule has 0 aliphatic carbocycles. The fraction of sp³-hybridized carbons (Fsp3) is 0.391. The molecule has 0 aliphatic heterocycles. The second-order valence-electron chi connectivity index (χ2n) is 7.00. The highest BCUT2D eigenvalue weighted by molar-refractivity contribution is 5.75. The van der Waals surface area contributed by atoms with Crippen molar-refractivity contribution in [1.29, 1.82) is 0 Å². The predicted octanol–water partition coefficient (Wildman–Crippen LogP) is 4.40. The van der Waals surface area contributed by atoms with Gasteiger partial charge in [-0.2, -0.15) is 0 Å². The summed E-state index contributed by atoms with van der Waals surface area (Å²) in [6.07, 6.45) is 1.02. The van der Waals surface area contributed by atoms with Gasteiger partial charge in [0.1, 0.15) is 17.7 Å². The van der Waals surface area contributed by atoms with E-state index in [-0.39, 0.29) is 24.8 Å². The van der Waals surface area contributed by atoms with Crippen LogP contribution in [0.5, 0.6) is 5.75 Å². The van der Waals surface area contributed by atoms with E-state index in [4.69, 9.17) is 14.9 Å². The average Bonchev–Trinajstić information content (AvgIpc) is 2.71. The van der Waals surface area contributed by atoms with Crippen LogP contribution in [0.1, 0.15) is 43.4 Å². The highest BCUT2D eigenvalue weighted by Crippen LogP contribution is 2.28. The first kappa shape index (κ1) is 25.1. The van der Waals surface area contributed by atoms with Crippen LogP contribution in [0.15, 0.2) is 48.5 Å². The number of benzene rings is 2. The van der Waals surface area contributed by atoms with Gasteiger partial charge in [0.05, 0.1) is 12.8 Å². The van der Waals surface area contributed by atoms with Crippen molar-refractivity contribution in [1.82, 2.24) is 4.90 Å². The lowest BCUT2D eigenvalue weighted by atomic mass is 10.1. The maximum absolute atomic E-state index is 13.4. The lowest BCUT2D eigenvalue weighted by molar-refractivity contribution is -0.143. The molecule has 2 N–H and O–H groups in total. The maximum Gasteiger partial charge on any atom is 0.303 e. The molecule has 0 aromatic heterocycles. The summed E-state index contributed by atoms with van der Waals surface area (Å²) in [6, 6.07) is 15.0. The zero-order chi connectivity index (χ0) is 22.5. The summed E-state index contributed by atoms with van der Waals surface area (Å²) in [5, 5.41) is 15.8. The van der Waals surface area contributed by atoms with Crippen molar-refractivity contribution in [2.24, 2.45) is 0 Å². The lowest BCUT2D eigenvalue weighted by Crippen LogP contribution is -2.19. The molecule has 2 rings (SSSR count). The van der Waals surface area contributed by atoms with E-state index in [1.807, 2.05) is 25.1 Å². The van der Waals surface area contributed by atoms with Gasteiger partial charge in [-0.05, 0) is 49.8 Å². The molecule has 0 heterocycles. The molecule has 7 heteroatoms. The third-order valence-corrected chi connectivity index (χ3v) is 4.24. The van der Waals surface area contributed by atoms with Gasteiger partial charge in [0.2, 0.25) is 0 Å². The smallest absolute Gasteiger partial charge is 0.303 e. The van der Waals surface area contributed by atoms with Gasteiger partial charge in [0, 0.05) is 13.0 Å². The standard InChI is InChI=1S/C19H24FNO.C4H6O4/c1-4-15-14-17(20)10-11-18(15)22-19(12-13-21(2)3)16-8-6-5-7-9-16;5-3(6)1-2-4(7)8/h5-11,14,19H,4,12-13H2,1-3H3;1-2H2,(H,5,6)(H,7,8). The van der Waals surface area contributed by atoms with Crippen LogP contribution in [0.2, 0.25) is 0 Å². The molecule has 30 heavy (non-hydrogen) atoms. The second-order valence-corrected chi connectivity index (χ2v) is 7.00. The number of carbonyl (C=O) groups is 2. The van der Waals surface area contributed by atoms with Gasteiger partial charge in [-0.3, -0.25) is 9.59 Å². The molecule has 0 aliphatic rings. The van der Waals surface area contributed by atoms with Crippen molar-refractivity contribution < 1.29 is 28.9 Å². The molecule has 0 amide bonds.